The van der Waals surface area contributed by atoms with Crippen LogP contribution in [0.15, 0.2) is 35.7 Å². The third-order valence-corrected chi connectivity index (χ3v) is 1.56. The zero-order valence-electron chi connectivity index (χ0n) is 7.52. The van der Waals surface area contributed by atoms with Gasteiger partial charge in [0.25, 0.3) is 5.66 Å². The Balaban J connectivity index is 4.82. The molecule has 0 rings (SSSR count). The second-order valence-corrected chi connectivity index (χ2v) is 3.51. The molecule has 0 aliphatic heterocycles. The lowest BCUT2D eigenvalue weighted by atomic mass is 10.2. The summed E-state index contributed by atoms with van der Waals surface area (Å²) >= 11 is 0. The van der Waals surface area contributed by atoms with Gasteiger partial charge in [-0.3, -0.25) is 0 Å². The van der Waals surface area contributed by atoms with Crippen molar-refractivity contribution in [1.82, 2.24) is 0 Å². The number of halogens is 3. The van der Waals surface area contributed by atoms with E-state index in [4.69, 9.17) is 0 Å². The molecule has 1 atom stereocenters. The molecule has 0 nitrogen and oxygen atoms in total. The Kier molecular flexibility index (Phi) is 5.01. The normalized spacial score (nSPS) is 13.5. The van der Waals surface area contributed by atoms with Gasteiger partial charge in [-0.1, -0.05) is 27.0 Å². The van der Waals surface area contributed by atoms with Crippen LogP contribution in [0.5, 0.6) is 0 Å². The van der Waals surface area contributed by atoms with Crippen LogP contribution in [-0.2, 0) is 0 Å². The fourth-order valence-corrected chi connectivity index (χ4v) is 0.795. The van der Waals surface area contributed by atoms with Gasteiger partial charge in [-0.05, 0) is 19.9 Å². The smallest absolute Gasteiger partial charge is 0.216 e. The van der Waals surface area contributed by atoms with E-state index in [0.717, 1.165) is 11.6 Å². The van der Waals surface area contributed by atoms with E-state index in [0.29, 0.717) is 0 Å². The van der Waals surface area contributed by atoms with Crippen LogP contribution in [0.4, 0.5) is 13.2 Å². The van der Waals surface area contributed by atoms with Gasteiger partial charge in [0.15, 0.2) is 0 Å². The van der Waals surface area contributed by atoms with Crippen LogP contribution >= 0.6 is 9.24 Å². The zero-order chi connectivity index (χ0) is 10.5. The Morgan fingerprint density at radius 3 is 2.08 bits per heavy atom. The SMILES string of the molecule is CC(C)=C/C=C(\C=C\F)C(F)(F)P. The highest BCUT2D eigenvalue weighted by molar-refractivity contribution is 7.18. The van der Waals surface area contributed by atoms with Crippen LogP contribution in [0, 0.1) is 0 Å². The topological polar surface area (TPSA) is 0 Å². The van der Waals surface area contributed by atoms with Crippen molar-refractivity contribution in [2.45, 2.75) is 19.5 Å². The minimum Gasteiger partial charge on any atom is -0.216 e. The molecule has 0 saturated carbocycles. The van der Waals surface area contributed by atoms with Gasteiger partial charge in [0.2, 0.25) is 0 Å². The van der Waals surface area contributed by atoms with Gasteiger partial charge in [-0.25, -0.2) is 4.39 Å². The van der Waals surface area contributed by atoms with E-state index in [1.807, 2.05) is 0 Å². The molecule has 74 valence electrons. The van der Waals surface area contributed by atoms with Crippen molar-refractivity contribution < 1.29 is 13.2 Å². The summed E-state index contributed by atoms with van der Waals surface area (Å²) < 4.78 is 37.1. The Morgan fingerprint density at radius 1 is 1.23 bits per heavy atom. The first kappa shape index (κ1) is 12.4. The van der Waals surface area contributed by atoms with E-state index < -0.39 is 5.66 Å². The Bertz CT molecular complexity index is 242. The van der Waals surface area contributed by atoms with Crippen molar-refractivity contribution in [2.75, 3.05) is 0 Å². The average molecular weight is 208 g/mol. The van der Waals surface area contributed by atoms with Crippen LogP contribution in [0.3, 0.4) is 0 Å². The highest BCUT2D eigenvalue weighted by Crippen LogP contribution is 2.32. The average Bonchev–Trinajstić information content (AvgIpc) is 1.95. The first-order valence-electron chi connectivity index (χ1n) is 3.67. The lowest BCUT2D eigenvalue weighted by Crippen LogP contribution is -2.06. The minimum absolute atomic E-state index is 0.0998. The van der Waals surface area contributed by atoms with E-state index in [-0.39, 0.29) is 11.9 Å². The quantitative estimate of drug-likeness (QED) is 0.488. The van der Waals surface area contributed by atoms with E-state index >= 15 is 0 Å². The standard InChI is InChI=1S/C9H12F3P/c1-7(2)3-4-8(5-6-10)9(11,12)13/h3-6H,13H2,1-2H3/b6-5+,8-4+. The number of allylic oxidation sites excluding steroid dienone is 5. The summed E-state index contributed by atoms with van der Waals surface area (Å²) in [6.45, 7) is 3.54. The molecule has 0 N–H and O–H groups in total. The molecule has 0 saturated heterocycles. The largest absolute Gasteiger partial charge is 0.283 e. The van der Waals surface area contributed by atoms with Gasteiger partial charge in [-0.15, -0.1) is 0 Å². The summed E-state index contributed by atoms with van der Waals surface area (Å²) in [5.74, 6) is 0. The molecule has 0 heterocycles. The molecular weight excluding hydrogens is 196 g/mol. The molecular formula is C9H12F3P. The zero-order valence-corrected chi connectivity index (χ0v) is 8.68. The summed E-state index contributed by atoms with van der Waals surface area (Å²) in [7, 11) is 1.36. The van der Waals surface area contributed by atoms with Crippen molar-refractivity contribution in [3.63, 3.8) is 0 Å². The third-order valence-electron chi connectivity index (χ3n) is 1.22. The summed E-state index contributed by atoms with van der Waals surface area (Å²) in [5, 5.41) is 0. The molecule has 0 aromatic rings. The van der Waals surface area contributed by atoms with Crippen molar-refractivity contribution in [2.24, 2.45) is 0 Å². The lowest BCUT2D eigenvalue weighted by Gasteiger charge is -2.09. The fraction of sp³-hybridized carbons (Fsp3) is 0.333. The molecule has 0 aromatic heterocycles. The number of alkyl halides is 2. The van der Waals surface area contributed by atoms with E-state index in [1.165, 1.54) is 21.4 Å². The summed E-state index contributed by atoms with van der Waals surface area (Å²) in [6, 6.07) is 0. The molecule has 0 fully saturated rings. The number of hydrogen-bond acceptors (Lipinski definition) is 0. The maximum Gasteiger partial charge on any atom is 0.283 e. The Hall–Kier alpha value is -0.560. The molecule has 4 heteroatoms. The van der Waals surface area contributed by atoms with E-state index in [1.54, 1.807) is 13.8 Å². The maximum absolute atomic E-state index is 12.7. The molecule has 0 radical (unpaired) electrons. The van der Waals surface area contributed by atoms with Gasteiger partial charge in [-0.2, -0.15) is 8.78 Å². The van der Waals surface area contributed by atoms with Gasteiger partial charge >= 0.3 is 0 Å². The molecule has 0 aliphatic rings. The maximum atomic E-state index is 12.7. The summed E-state index contributed by atoms with van der Waals surface area (Å²) in [6.07, 6.45) is 3.54. The second-order valence-electron chi connectivity index (χ2n) is 2.78. The van der Waals surface area contributed by atoms with Crippen molar-refractivity contribution >= 4 is 9.24 Å². The highest BCUT2D eigenvalue weighted by Gasteiger charge is 2.24. The molecule has 0 aromatic carbocycles. The van der Waals surface area contributed by atoms with Gasteiger partial charge in [0, 0.05) is 5.57 Å². The lowest BCUT2D eigenvalue weighted by molar-refractivity contribution is 0.151. The summed E-state index contributed by atoms with van der Waals surface area (Å²) in [4.78, 5) is 0. The van der Waals surface area contributed by atoms with Crippen LogP contribution in [0.1, 0.15) is 13.8 Å². The molecule has 1 unspecified atom stereocenters. The van der Waals surface area contributed by atoms with E-state index in [9.17, 15) is 13.2 Å². The highest BCUT2D eigenvalue weighted by atomic mass is 31.0. The molecule has 13 heavy (non-hydrogen) atoms. The molecule has 0 aliphatic carbocycles. The van der Waals surface area contributed by atoms with Crippen molar-refractivity contribution in [3.8, 4) is 0 Å². The molecule has 0 spiro atoms. The van der Waals surface area contributed by atoms with Crippen LogP contribution < -0.4 is 0 Å². The predicted octanol–water partition coefficient (Wildman–Crippen LogP) is 3.83. The first-order chi connectivity index (χ1) is 5.88. The monoisotopic (exact) mass is 208 g/mol. The van der Waals surface area contributed by atoms with Gasteiger partial charge in [0.05, 0.1) is 6.33 Å². The predicted molar refractivity (Wildman–Crippen MR) is 52.4 cm³/mol. The van der Waals surface area contributed by atoms with Crippen LogP contribution in [-0.4, -0.2) is 5.66 Å². The Labute approximate surface area is 78.4 Å². The van der Waals surface area contributed by atoms with E-state index in [2.05, 4.69) is 0 Å². The third kappa shape index (κ3) is 5.64. The number of rotatable bonds is 3. The van der Waals surface area contributed by atoms with Crippen molar-refractivity contribution in [3.05, 3.63) is 35.7 Å². The molecule has 0 amide bonds. The van der Waals surface area contributed by atoms with Gasteiger partial charge in [0.1, 0.15) is 0 Å². The van der Waals surface area contributed by atoms with Crippen molar-refractivity contribution in [1.29, 1.82) is 0 Å². The van der Waals surface area contributed by atoms with Crippen LogP contribution in [0.25, 0.3) is 0 Å². The molecule has 0 bridgehead atoms. The van der Waals surface area contributed by atoms with Crippen LogP contribution in [0.2, 0.25) is 0 Å². The van der Waals surface area contributed by atoms with Gasteiger partial charge < -0.3 is 0 Å². The summed E-state index contributed by atoms with van der Waals surface area (Å²) in [5.41, 5.74) is -2.59. The Morgan fingerprint density at radius 2 is 1.77 bits per heavy atom. The first-order valence-corrected chi connectivity index (χ1v) is 4.24. The second kappa shape index (κ2) is 5.23. The fourth-order valence-electron chi connectivity index (χ4n) is 0.602. The number of hydrogen-bond donors (Lipinski definition) is 0. The minimum atomic E-state index is -3.09.